The summed E-state index contributed by atoms with van der Waals surface area (Å²) in [5, 5.41) is 9.17. The average Bonchev–Trinajstić information content (AvgIpc) is 3.25. The number of aromatic nitrogens is 5. The Kier molecular flexibility index (Phi) is 6.72. The van der Waals surface area contributed by atoms with Gasteiger partial charge in [0.15, 0.2) is 5.82 Å². The number of benzene rings is 1. The molecule has 4 aromatic rings. The minimum atomic E-state index is -4.79. The highest BCUT2D eigenvalue weighted by Crippen LogP contribution is 2.36. The van der Waals surface area contributed by atoms with Crippen LogP contribution in [0.1, 0.15) is 58.5 Å². The van der Waals surface area contributed by atoms with Gasteiger partial charge in [0.25, 0.3) is 0 Å². The van der Waals surface area contributed by atoms with Gasteiger partial charge in [-0.2, -0.15) is 13.2 Å². The largest absolute Gasteiger partial charge is 0.478 e. The van der Waals surface area contributed by atoms with E-state index in [1.165, 1.54) is 12.5 Å². The molecular weight excluding hydrogens is 504 g/mol. The first-order valence-corrected chi connectivity index (χ1v) is 12.1. The molecule has 0 spiro atoms. The Balaban J connectivity index is 1.41. The summed E-state index contributed by atoms with van der Waals surface area (Å²) >= 11 is 0. The number of fused-ring (bicyclic) bond motifs is 1. The molecule has 1 aliphatic rings. The molecule has 0 atom stereocenters. The Morgan fingerprint density at radius 1 is 1.11 bits per heavy atom. The van der Waals surface area contributed by atoms with Crippen molar-refractivity contribution in [3.05, 3.63) is 76.9 Å². The number of carboxylic acid groups (broad SMARTS) is 1. The minimum absolute atomic E-state index is 0.0591. The zero-order valence-electron chi connectivity index (χ0n) is 20.4. The first-order valence-electron chi connectivity index (χ1n) is 12.1. The fourth-order valence-corrected chi connectivity index (χ4v) is 4.86. The van der Waals surface area contributed by atoms with Crippen LogP contribution in [0.4, 0.5) is 23.5 Å². The van der Waals surface area contributed by atoms with Gasteiger partial charge in [0.2, 0.25) is 5.95 Å². The first-order chi connectivity index (χ1) is 18.2. The molecule has 1 N–H and O–H groups in total. The van der Waals surface area contributed by atoms with Crippen LogP contribution in [0.5, 0.6) is 0 Å². The van der Waals surface area contributed by atoms with E-state index in [4.69, 9.17) is 5.11 Å². The molecule has 5 rings (SSSR count). The smallest absolute Gasteiger partial charge is 0.416 e. The van der Waals surface area contributed by atoms with Gasteiger partial charge in [-0.15, -0.1) is 0 Å². The van der Waals surface area contributed by atoms with Gasteiger partial charge in [-0.25, -0.2) is 29.1 Å². The molecule has 3 aromatic heterocycles. The minimum Gasteiger partial charge on any atom is -0.478 e. The summed E-state index contributed by atoms with van der Waals surface area (Å²) in [6.07, 6.45) is 3.24. The van der Waals surface area contributed by atoms with E-state index in [0.717, 1.165) is 24.1 Å². The molecule has 1 aliphatic heterocycles. The number of carboxylic acids is 1. The molecule has 1 fully saturated rings. The Morgan fingerprint density at radius 2 is 1.82 bits per heavy atom. The molecule has 38 heavy (non-hydrogen) atoms. The number of aryl methyl sites for hydroxylation is 1. The van der Waals surface area contributed by atoms with Crippen LogP contribution in [-0.4, -0.2) is 48.7 Å². The van der Waals surface area contributed by atoms with Crippen molar-refractivity contribution < 1.29 is 27.5 Å². The number of piperidine rings is 1. The standard InChI is InChI=1S/C26H24F4N6O2/c1-2-15-11-31-25(32-12-15)35-7-5-18(6-8-35)36-13-20(27)22-21(33-14-34-23(22)36)10-16-3-4-17(24(37)38)9-19(16)26(28,29)30/h3-4,9,11-14,18H,2,5-8,10H2,1H3,(H,37,38). The molecule has 0 unspecified atom stereocenters. The van der Waals surface area contributed by atoms with Crippen LogP contribution in [-0.2, 0) is 19.0 Å². The molecule has 0 saturated carbocycles. The maximum Gasteiger partial charge on any atom is 0.416 e. The van der Waals surface area contributed by atoms with Crippen LogP contribution in [0.25, 0.3) is 11.0 Å². The van der Waals surface area contributed by atoms with Crippen molar-refractivity contribution in [2.75, 3.05) is 18.0 Å². The highest BCUT2D eigenvalue weighted by molar-refractivity contribution is 5.88. The molecule has 0 bridgehead atoms. The molecule has 1 saturated heterocycles. The van der Waals surface area contributed by atoms with Crippen molar-refractivity contribution in [3.63, 3.8) is 0 Å². The van der Waals surface area contributed by atoms with E-state index in [9.17, 15) is 18.0 Å². The topological polar surface area (TPSA) is 97.0 Å². The summed E-state index contributed by atoms with van der Waals surface area (Å²) in [6.45, 7) is 3.34. The third kappa shape index (κ3) is 4.90. The van der Waals surface area contributed by atoms with Gasteiger partial charge in [-0.05, 0) is 42.5 Å². The molecular formula is C26H24F4N6O2. The van der Waals surface area contributed by atoms with E-state index in [1.807, 2.05) is 6.92 Å². The summed E-state index contributed by atoms with van der Waals surface area (Å²) in [4.78, 5) is 30.5. The predicted molar refractivity (Wildman–Crippen MR) is 131 cm³/mol. The second kappa shape index (κ2) is 9.99. The van der Waals surface area contributed by atoms with Crippen molar-refractivity contribution >= 4 is 23.0 Å². The van der Waals surface area contributed by atoms with E-state index >= 15 is 4.39 Å². The molecule has 198 valence electrons. The highest BCUT2D eigenvalue weighted by Gasteiger charge is 2.34. The van der Waals surface area contributed by atoms with Gasteiger partial charge >= 0.3 is 12.1 Å². The third-order valence-corrected chi connectivity index (χ3v) is 6.90. The van der Waals surface area contributed by atoms with Gasteiger partial charge in [-0.1, -0.05) is 13.0 Å². The lowest BCUT2D eigenvalue weighted by molar-refractivity contribution is -0.138. The fraction of sp³-hybridized carbons (Fsp3) is 0.346. The van der Waals surface area contributed by atoms with E-state index < -0.39 is 29.1 Å². The highest BCUT2D eigenvalue weighted by atomic mass is 19.4. The zero-order chi connectivity index (χ0) is 27.0. The predicted octanol–water partition coefficient (Wildman–Crippen LogP) is 5.07. The SMILES string of the molecule is CCc1cnc(N2CCC(n3cc(F)c4c(Cc5ccc(C(=O)O)cc5C(F)(F)F)ncnc43)CC2)nc1. The molecule has 12 heteroatoms. The molecule has 0 radical (unpaired) electrons. The first kappa shape index (κ1) is 25.6. The number of nitrogens with zero attached hydrogens (tertiary/aromatic N) is 6. The summed E-state index contributed by atoms with van der Waals surface area (Å²) in [6, 6.07) is 2.71. The lowest BCUT2D eigenvalue weighted by Gasteiger charge is -2.32. The summed E-state index contributed by atoms with van der Waals surface area (Å²) < 4.78 is 58.1. The van der Waals surface area contributed by atoms with Crippen molar-refractivity contribution in [1.29, 1.82) is 0 Å². The summed E-state index contributed by atoms with van der Waals surface area (Å²) in [5.74, 6) is -1.44. The van der Waals surface area contributed by atoms with Gasteiger partial charge in [-0.3, -0.25) is 0 Å². The van der Waals surface area contributed by atoms with E-state index in [-0.39, 0.29) is 29.1 Å². The maximum absolute atomic E-state index is 15.2. The lowest BCUT2D eigenvalue weighted by Crippen LogP contribution is -2.35. The van der Waals surface area contributed by atoms with Crippen molar-refractivity contribution in [3.8, 4) is 0 Å². The monoisotopic (exact) mass is 528 g/mol. The average molecular weight is 529 g/mol. The van der Waals surface area contributed by atoms with Crippen LogP contribution in [0, 0.1) is 5.82 Å². The summed E-state index contributed by atoms with van der Waals surface area (Å²) in [7, 11) is 0. The molecule has 4 heterocycles. The van der Waals surface area contributed by atoms with Crippen LogP contribution < -0.4 is 4.90 Å². The van der Waals surface area contributed by atoms with Crippen molar-refractivity contribution in [1.82, 2.24) is 24.5 Å². The van der Waals surface area contributed by atoms with Crippen LogP contribution >= 0.6 is 0 Å². The van der Waals surface area contributed by atoms with Gasteiger partial charge < -0.3 is 14.6 Å². The number of carbonyl (C=O) groups is 1. The van der Waals surface area contributed by atoms with Crippen molar-refractivity contribution in [2.24, 2.45) is 0 Å². The summed E-state index contributed by atoms with van der Waals surface area (Å²) in [5.41, 5.74) is -0.313. The van der Waals surface area contributed by atoms with Gasteiger partial charge in [0, 0.05) is 44.1 Å². The Labute approximate surface area is 215 Å². The fourth-order valence-electron chi connectivity index (χ4n) is 4.86. The number of hydrogen-bond donors (Lipinski definition) is 1. The number of rotatable bonds is 6. The van der Waals surface area contributed by atoms with Crippen molar-refractivity contribution in [2.45, 2.75) is 44.8 Å². The van der Waals surface area contributed by atoms with E-state index in [1.54, 1.807) is 17.0 Å². The van der Waals surface area contributed by atoms with E-state index in [0.29, 0.717) is 43.6 Å². The lowest BCUT2D eigenvalue weighted by atomic mass is 9.98. The van der Waals surface area contributed by atoms with Crippen LogP contribution in [0.2, 0.25) is 0 Å². The Hall–Kier alpha value is -4.09. The molecule has 1 aromatic carbocycles. The number of alkyl halides is 3. The molecule has 0 amide bonds. The maximum atomic E-state index is 15.2. The molecule has 0 aliphatic carbocycles. The number of halogens is 4. The Bertz CT molecular complexity index is 1480. The van der Waals surface area contributed by atoms with Crippen LogP contribution in [0.15, 0.2) is 43.1 Å². The van der Waals surface area contributed by atoms with E-state index in [2.05, 4.69) is 24.8 Å². The second-order valence-electron chi connectivity index (χ2n) is 9.22. The zero-order valence-corrected chi connectivity index (χ0v) is 20.4. The number of aromatic carboxylic acids is 1. The second-order valence-corrected chi connectivity index (χ2v) is 9.22. The quantitative estimate of drug-likeness (QED) is 0.349. The van der Waals surface area contributed by atoms with Gasteiger partial charge in [0.1, 0.15) is 12.0 Å². The van der Waals surface area contributed by atoms with Crippen LogP contribution in [0.3, 0.4) is 0 Å². The number of hydrogen-bond acceptors (Lipinski definition) is 6. The molecule has 8 nitrogen and oxygen atoms in total. The normalized spacial score (nSPS) is 14.8. The Morgan fingerprint density at radius 3 is 2.45 bits per heavy atom. The third-order valence-electron chi connectivity index (χ3n) is 6.90. The number of anilines is 1. The van der Waals surface area contributed by atoms with Gasteiger partial charge in [0.05, 0.1) is 22.2 Å².